The summed E-state index contributed by atoms with van der Waals surface area (Å²) in [4.78, 5) is 2.38. The fourth-order valence-corrected chi connectivity index (χ4v) is 9.30. The zero-order valence-corrected chi connectivity index (χ0v) is 30.6. The van der Waals surface area contributed by atoms with Crippen molar-refractivity contribution in [1.29, 1.82) is 0 Å². The van der Waals surface area contributed by atoms with Crippen molar-refractivity contribution in [2.24, 2.45) is 0 Å². The number of para-hydroxylation sites is 2. The monoisotopic (exact) mass is 719 g/mol. The lowest BCUT2D eigenvalue weighted by atomic mass is 9.96. The number of furan rings is 1. The summed E-state index contributed by atoms with van der Waals surface area (Å²) in [6, 6.07) is 72.3. The van der Waals surface area contributed by atoms with E-state index in [1.165, 1.54) is 53.2 Å². The number of hydrogen-bond donors (Lipinski definition) is 0. The Bertz CT molecular complexity index is 3240. The quantitative estimate of drug-likeness (QED) is 0.170. The summed E-state index contributed by atoms with van der Waals surface area (Å²) in [6.45, 7) is 0. The lowest BCUT2D eigenvalue weighted by Gasteiger charge is -2.28. The smallest absolute Gasteiger partial charge is 0.137 e. The van der Waals surface area contributed by atoms with Crippen molar-refractivity contribution in [2.45, 2.75) is 0 Å². The highest BCUT2D eigenvalue weighted by atomic mass is 32.1. The fraction of sp³-hybridized carbons (Fsp3) is 0. The second-order valence-electron chi connectivity index (χ2n) is 14.1. The van der Waals surface area contributed by atoms with Crippen LogP contribution in [0.3, 0.4) is 0 Å². The highest BCUT2D eigenvalue weighted by Gasteiger charge is 2.20. The van der Waals surface area contributed by atoms with Gasteiger partial charge < -0.3 is 9.32 Å². The van der Waals surface area contributed by atoms with Gasteiger partial charge in [-0.2, -0.15) is 0 Å². The van der Waals surface area contributed by atoms with E-state index in [-0.39, 0.29) is 0 Å². The van der Waals surface area contributed by atoms with Gasteiger partial charge in [0.25, 0.3) is 0 Å². The van der Waals surface area contributed by atoms with Crippen molar-refractivity contribution < 1.29 is 4.42 Å². The van der Waals surface area contributed by atoms with Crippen LogP contribution < -0.4 is 4.90 Å². The highest BCUT2D eigenvalue weighted by Crippen LogP contribution is 2.45. The van der Waals surface area contributed by atoms with Gasteiger partial charge in [0.15, 0.2) is 0 Å². The lowest BCUT2D eigenvalue weighted by Crippen LogP contribution is -2.11. The van der Waals surface area contributed by atoms with Crippen LogP contribution in [-0.4, -0.2) is 0 Å². The van der Waals surface area contributed by atoms with Gasteiger partial charge in [-0.25, -0.2) is 0 Å². The molecule has 0 aliphatic carbocycles. The van der Waals surface area contributed by atoms with Crippen molar-refractivity contribution in [3.05, 3.63) is 200 Å². The summed E-state index contributed by atoms with van der Waals surface area (Å²) in [6.07, 6.45) is 0. The molecule has 2 nitrogen and oxygen atoms in total. The molecule has 0 spiro atoms. The number of thiophene rings is 1. The van der Waals surface area contributed by atoms with E-state index < -0.39 is 0 Å². The molecule has 2 heterocycles. The average molecular weight is 720 g/mol. The molecule has 0 fully saturated rings. The number of fused-ring (bicyclic) bond motifs is 7. The molecule has 258 valence electrons. The Hall–Kier alpha value is -6.94. The van der Waals surface area contributed by atoms with E-state index in [1.54, 1.807) is 0 Å². The molecular formula is C52H33NOS. The van der Waals surface area contributed by atoms with Crippen LogP contribution in [0.2, 0.25) is 0 Å². The van der Waals surface area contributed by atoms with E-state index in [9.17, 15) is 0 Å². The maximum atomic E-state index is 6.46. The van der Waals surface area contributed by atoms with Crippen molar-refractivity contribution in [3.63, 3.8) is 0 Å². The molecule has 0 radical (unpaired) electrons. The molecule has 0 atom stereocenters. The van der Waals surface area contributed by atoms with Gasteiger partial charge in [0.05, 0.1) is 5.69 Å². The van der Waals surface area contributed by atoms with E-state index in [1.807, 2.05) is 23.5 Å². The van der Waals surface area contributed by atoms with Crippen molar-refractivity contribution in [1.82, 2.24) is 0 Å². The molecule has 2 aromatic heterocycles. The fourth-order valence-electron chi connectivity index (χ4n) is 8.16. The molecule has 0 saturated heterocycles. The normalized spacial score (nSPS) is 11.6. The van der Waals surface area contributed by atoms with Crippen LogP contribution in [0, 0.1) is 0 Å². The Morgan fingerprint density at radius 2 is 0.982 bits per heavy atom. The summed E-state index contributed by atoms with van der Waals surface area (Å²) < 4.78 is 9.06. The molecule has 0 saturated carbocycles. The standard InChI is InChI=1S/C52H33NOS/c1-2-12-35-29-39(24-23-34(35)11-1)37-14-9-13-36(30-37)38-15-10-16-41(31-38)53(42-26-28-45-44-18-4-7-21-49(44)54-50(45)33-42)48-20-6-3-17-43(48)40-25-27-47-46-19-5-8-22-51(46)55-52(47)32-40/h1-33H. The third kappa shape index (κ3) is 5.48. The molecule has 55 heavy (non-hydrogen) atoms. The van der Waals surface area contributed by atoms with Crippen LogP contribution in [0.25, 0.3) is 86.3 Å². The second-order valence-corrected chi connectivity index (χ2v) is 15.2. The Balaban J connectivity index is 1.07. The van der Waals surface area contributed by atoms with E-state index >= 15 is 0 Å². The summed E-state index contributed by atoms with van der Waals surface area (Å²) in [5, 5.41) is 7.34. The van der Waals surface area contributed by atoms with E-state index in [0.29, 0.717) is 0 Å². The summed E-state index contributed by atoms with van der Waals surface area (Å²) in [5.41, 5.74) is 12.0. The van der Waals surface area contributed by atoms with E-state index in [4.69, 9.17) is 4.42 Å². The van der Waals surface area contributed by atoms with Gasteiger partial charge in [0.2, 0.25) is 0 Å². The minimum atomic E-state index is 0.868. The van der Waals surface area contributed by atoms with Crippen LogP contribution >= 0.6 is 11.3 Å². The van der Waals surface area contributed by atoms with Crippen molar-refractivity contribution >= 4 is 81.3 Å². The summed E-state index contributed by atoms with van der Waals surface area (Å²) in [5.74, 6) is 0. The Morgan fingerprint density at radius 3 is 1.89 bits per heavy atom. The first-order valence-electron chi connectivity index (χ1n) is 18.7. The zero-order valence-electron chi connectivity index (χ0n) is 29.8. The number of nitrogens with zero attached hydrogens (tertiary/aromatic N) is 1. The molecule has 0 bridgehead atoms. The number of rotatable bonds is 6. The van der Waals surface area contributed by atoms with Crippen LogP contribution in [0.15, 0.2) is 205 Å². The number of hydrogen-bond acceptors (Lipinski definition) is 3. The Kier molecular flexibility index (Phi) is 7.39. The number of anilines is 3. The first-order chi connectivity index (χ1) is 27.2. The molecule has 0 amide bonds. The maximum Gasteiger partial charge on any atom is 0.137 e. The number of benzene rings is 9. The maximum absolute atomic E-state index is 6.46. The summed E-state index contributed by atoms with van der Waals surface area (Å²) in [7, 11) is 0. The topological polar surface area (TPSA) is 16.4 Å². The van der Waals surface area contributed by atoms with Gasteiger partial charge in [-0.15, -0.1) is 11.3 Å². The van der Waals surface area contributed by atoms with Crippen molar-refractivity contribution in [3.8, 4) is 33.4 Å². The predicted octanol–water partition coefficient (Wildman–Crippen LogP) is 15.6. The molecule has 3 heteroatoms. The van der Waals surface area contributed by atoms with Gasteiger partial charge in [0, 0.05) is 53.9 Å². The average Bonchev–Trinajstić information content (AvgIpc) is 3.81. The first-order valence-corrected chi connectivity index (χ1v) is 19.5. The van der Waals surface area contributed by atoms with Gasteiger partial charge in [-0.3, -0.25) is 0 Å². The highest BCUT2D eigenvalue weighted by molar-refractivity contribution is 7.25. The van der Waals surface area contributed by atoms with Crippen molar-refractivity contribution in [2.75, 3.05) is 4.90 Å². The van der Waals surface area contributed by atoms with Crippen LogP contribution in [0.4, 0.5) is 17.1 Å². The van der Waals surface area contributed by atoms with Gasteiger partial charge in [0.1, 0.15) is 11.2 Å². The lowest BCUT2D eigenvalue weighted by molar-refractivity contribution is 0.669. The third-order valence-corrected chi connectivity index (χ3v) is 12.0. The molecule has 0 aliphatic rings. The predicted molar refractivity (Wildman–Crippen MR) is 235 cm³/mol. The van der Waals surface area contributed by atoms with E-state index in [2.05, 4.69) is 193 Å². The minimum absolute atomic E-state index is 0.868. The molecule has 11 rings (SSSR count). The second kappa shape index (κ2) is 12.9. The van der Waals surface area contributed by atoms with E-state index in [0.717, 1.165) is 50.1 Å². The Labute approximate surface area is 322 Å². The largest absolute Gasteiger partial charge is 0.456 e. The molecule has 0 N–H and O–H groups in total. The van der Waals surface area contributed by atoms with Crippen LogP contribution in [-0.2, 0) is 0 Å². The minimum Gasteiger partial charge on any atom is -0.456 e. The Morgan fingerprint density at radius 1 is 0.345 bits per heavy atom. The first kappa shape index (κ1) is 31.6. The molecule has 0 unspecified atom stereocenters. The molecule has 0 aliphatic heterocycles. The summed E-state index contributed by atoms with van der Waals surface area (Å²) >= 11 is 1.85. The third-order valence-electron chi connectivity index (χ3n) is 10.8. The van der Waals surface area contributed by atoms with Crippen LogP contribution in [0.5, 0.6) is 0 Å². The van der Waals surface area contributed by atoms with Gasteiger partial charge in [-0.1, -0.05) is 133 Å². The molecule has 11 aromatic rings. The zero-order chi connectivity index (χ0) is 36.3. The molecule has 9 aromatic carbocycles. The van der Waals surface area contributed by atoms with Gasteiger partial charge in [-0.05, 0) is 99.3 Å². The van der Waals surface area contributed by atoms with Gasteiger partial charge >= 0.3 is 0 Å². The SMILES string of the molecule is c1cc(-c2cccc(N(c3ccc4c(c3)oc3ccccc34)c3ccccc3-c3ccc4c(c3)sc3ccccc34)c2)cc(-c2ccc3ccccc3c2)c1. The van der Waals surface area contributed by atoms with Crippen LogP contribution in [0.1, 0.15) is 0 Å². The molecular weight excluding hydrogens is 687 g/mol.